The molecule has 0 atom stereocenters. The summed E-state index contributed by atoms with van der Waals surface area (Å²) in [6.45, 7) is 6.17. The standard InChI is InChI=1S/C6H10BrN3/c1-6(2,3)10-8-4-5(7)9-10/h4H,1-3H3. The molecule has 3 nitrogen and oxygen atoms in total. The van der Waals surface area contributed by atoms with Gasteiger partial charge >= 0.3 is 0 Å². The average molecular weight is 204 g/mol. The van der Waals surface area contributed by atoms with Gasteiger partial charge in [0.05, 0.1) is 11.7 Å². The zero-order valence-electron chi connectivity index (χ0n) is 6.30. The normalized spacial score (nSPS) is 12.0. The van der Waals surface area contributed by atoms with Gasteiger partial charge < -0.3 is 0 Å². The van der Waals surface area contributed by atoms with Crippen molar-refractivity contribution in [2.24, 2.45) is 0 Å². The molecule has 10 heavy (non-hydrogen) atoms. The fraction of sp³-hybridized carbons (Fsp3) is 0.667. The van der Waals surface area contributed by atoms with E-state index in [9.17, 15) is 0 Å². The zero-order chi connectivity index (χ0) is 7.78. The quantitative estimate of drug-likeness (QED) is 0.645. The van der Waals surface area contributed by atoms with Crippen LogP contribution in [0.2, 0.25) is 0 Å². The van der Waals surface area contributed by atoms with Crippen LogP contribution in [0.5, 0.6) is 0 Å². The van der Waals surface area contributed by atoms with E-state index in [0.29, 0.717) is 0 Å². The van der Waals surface area contributed by atoms with E-state index in [1.807, 2.05) is 0 Å². The minimum atomic E-state index is -0.0218. The van der Waals surface area contributed by atoms with Gasteiger partial charge in [0.15, 0.2) is 0 Å². The molecule has 0 spiro atoms. The molecular formula is C6H10BrN3. The molecule has 0 N–H and O–H groups in total. The van der Waals surface area contributed by atoms with Gasteiger partial charge in [-0.25, -0.2) is 0 Å². The smallest absolute Gasteiger partial charge is 0.148 e. The highest BCUT2D eigenvalue weighted by molar-refractivity contribution is 9.10. The van der Waals surface area contributed by atoms with Crippen LogP contribution in [0.3, 0.4) is 0 Å². The average Bonchev–Trinajstić information content (AvgIpc) is 2.11. The first-order valence-corrected chi connectivity index (χ1v) is 3.88. The van der Waals surface area contributed by atoms with E-state index in [1.54, 1.807) is 11.0 Å². The van der Waals surface area contributed by atoms with Gasteiger partial charge in [0.2, 0.25) is 0 Å². The molecule has 0 radical (unpaired) electrons. The highest BCUT2D eigenvalue weighted by atomic mass is 79.9. The Morgan fingerprint density at radius 2 is 2.10 bits per heavy atom. The van der Waals surface area contributed by atoms with Crippen molar-refractivity contribution in [2.45, 2.75) is 26.3 Å². The van der Waals surface area contributed by atoms with E-state index in [4.69, 9.17) is 0 Å². The predicted octanol–water partition coefficient (Wildman–Crippen LogP) is 1.80. The molecule has 0 aliphatic rings. The lowest BCUT2D eigenvalue weighted by Crippen LogP contribution is -2.24. The van der Waals surface area contributed by atoms with Crippen LogP contribution in [0.1, 0.15) is 20.8 Å². The lowest BCUT2D eigenvalue weighted by molar-refractivity contribution is 0.311. The number of hydrogen-bond acceptors (Lipinski definition) is 2. The van der Waals surface area contributed by atoms with Crippen LogP contribution < -0.4 is 0 Å². The molecule has 0 amide bonds. The molecule has 0 fully saturated rings. The second-order valence-electron chi connectivity index (χ2n) is 3.13. The molecule has 0 bridgehead atoms. The molecule has 1 aromatic rings. The Balaban J connectivity index is 2.96. The van der Waals surface area contributed by atoms with Crippen LogP contribution in [0.15, 0.2) is 10.8 Å². The van der Waals surface area contributed by atoms with Crippen LogP contribution in [-0.2, 0) is 5.54 Å². The van der Waals surface area contributed by atoms with E-state index >= 15 is 0 Å². The summed E-state index contributed by atoms with van der Waals surface area (Å²) in [5, 5.41) is 8.15. The molecule has 56 valence electrons. The maximum absolute atomic E-state index is 4.10. The first kappa shape index (κ1) is 7.72. The third-order valence-electron chi connectivity index (χ3n) is 1.06. The van der Waals surface area contributed by atoms with Crippen molar-refractivity contribution >= 4 is 15.9 Å². The molecule has 0 unspecified atom stereocenters. The Hall–Kier alpha value is -0.380. The molecule has 1 heterocycles. The van der Waals surface area contributed by atoms with Gasteiger partial charge in [-0.05, 0) is 36.7 Å². The maximum atomic E-state index is 4.10. The third kappa shape index (κ3) is 1.56. The fourth-order valence-electron chi connectivity index (χ4n) is 0.568. The second kappa shape index (κ2) is 2.34. The van der Waals surface area contributed by atoms with Crippen LogP contribution in [0.4, 0.5) is 0 Å². The van der Waals surface area contributed by atoms with Crippen molar-refractivity contribution in [2.75, 3.05) is 0 Å². The van der Waals surface area contributed by atoms with E-state index < -0.39 is 0 Å². The highest BCUT2D eigenvalue weighted by Crippen LogP contribution is 2.12. The van der Waals surface area contributed by atoms with Crippen molar-refractivity contribution < 1.29 is 0 Å². The zero-order valence-corrected chi connectivity index (χ0v) is 7.88. The second-order valence-corrected chi connectivity index (χ2v) is 3.94. The molecule has 4 heteroatoms. The van der Waals surface area contributed by atoms with Gasteiger partial charge in [0.1, 0.15) is 4.60 Å². The molecule has 0 aromatic carbocycles. The van der Waals surface area contributed by atoms with Crippen molar-refractivity contribution in [3.63, 3.8) is 0 Å². The summed E-state index contributed by atoms with van der Waals surface area (Å²) in [6.07, 6.45) is 1.69. The lowest BCUT2D eigenvalue weighted by atomic mass is 10.1. The molecule has 1 rings (SSSR count). The Bertz CT molecular complexity index is 223. The van der Waals surface area contributed by atoms with Gasteiger partial charge in [-0.3, -0.25) is 0 Å². The fourth-order valence-corrected chi connectivity index (χ4v) is 0.809. The summed E-state index contributed by atoms with van der Waals surface area (Å²) >= 11 is 3.23. The van der Waals surface area contributed by atoms with E-state index in [0.717, 1.165) is 4.60 Å². The van der Waals surface area contributed by atoms with Crippen molar-refractivity contribution in [1.82, 2.24) is 15.0 Å². The van der Waals surface area contributed by atoms with Crippen molar-refractivity contribution in [3.05, 3.63) is 10.8 Å². The van der Waals surface area contributed by atoms with Crippen LogP contribution >= 0.6 is 15.9 Å². The van der Waals surface area contributed by atoms with Crippen molar-refractivity contribution in [1.29, 1.82) is 0 Å². The van der Waals surface area contributed by atoms with Crippen LogP contribution in [-0.4, -0.2) is 15.0 Å². The number of nitrogens with zero attached hydrogens (tertiary/aromatic N) is 3. The van der Waals surface area contributed by atoms with E-state index in [2.05, 4.69) is 46.9 Å². The Morgan fingerprint density at radius 3 is 2.30 bits per heavy atom. The molecule has 0 aliphatic carbocycles. The minimum Gasteiger partial charge on any atom is -0.178 e. The molecule has 0 saturated heterocycles. The summed E-state index contributed by atoms with van der Waals surface area (Å²) in [4.78, 5) is 1.68. The molecule has 0 aliphatic heterocycles. The Labute approximate surface area is 68.6 Å². The lowest BCUT2D eigenvalue weighted by Gasteiger charge is -2.16. The molecule has 1 aromatic heterocycles. The minimum absolute atomic E-state index is 0.0218. The highest BCUT2D eigenvalue weighted by Gasteiger charge is 2.14. The van der Waals surface area contributed by atoms with E-state index in [1.165, 1.54) is 0 Å². The summed E-state index contributed by atoms with van der Waals surface area (Å²) in [6, 6.07) is 0. The van der Waals surface area contributed by atoms with Gasteiger partial charge in [-0.2, -0.15) is 9.90 Å². The summed E-state index contributed by atoms with van der Waals surface area (Å²) < 4.78 is 0.780. The van der Waals surface area contributed by atoms with Crippen molar-refractivity contribution in [3.8, 4) is 0 Å². The van der Waals surface area contributed by atoms with Gasteiger partial charge in [0.25, 0.3) is 0 Å². The predicted molar refractivity (Wildman–Crippen MR) is 42.7 cm³/mol. The number of aromatic nitrogens is 3. The molecule has 0 saturated carbocycles. The maximum Gasteiger partial charge on any atom is 0.148 e. The van der Waals surface area contributed by atoms with Crippen LogP contribution in [0, 0.1) is 0 Å². The summed E-state index contributed by atoms with van der Waals surface area (Å²) in [5.41, 5.74) is -0.0218. The third-order valence-corrected chi connectivity index (χ3v) is 1.43. The topological polar surface area (TPSA) is 30.7 Å². The summed E-state index contributed by atoms with van der Waals surface area (Å²) in [7, 11) is 0. The Morgan fingerprint density at radius 1 is 1.50 bits per heavy atom. The van der Waals surface area contributed by atoms with E-state index in [-0.39, 0.29) is 5.54 Å². The molecular weight excluding hydrogens is 194 g/mol. The summed E-state index contributed by atoms with van der Waals surface area (Å²) in [5.74, 6) is 0. The monoisotopic (exact) mass is 203 g/mol. The number of rotatable bonds is 0. The number of hydrogen-bond donors (Lipinski definition) is 0. The first-order chi connectivity index (χ1) is 4.50. The van der Waals surface area contributed by atoms with Gasteiger partial charge in [0, 0.05) is 0 Å². The van der Waals surface area contributed by atoms with Gasteiger partial charge in [-0.1, -0.05) is 0 Å². The van der Waals surface area contributed by atoms with Crippen LogP contribution in [0.25, 0.3) is 0 Å². The SMILES string of the molecule is CC(C)(C)n1ncc(Br)n1. The van der Waals surface area contributed by atoms with Gasteiger partial charge in [-0.15, -0.1) is 5.10 Å². The largest absolute Gasteiger partial charge is 0.178 e. The Kier molecular flexibility index (Phi) is 1.81. The first-order valence-electron chi connectivity index (χ1n) is 3.08. The number of halogens is 1.